The molecule has 24 heavy (non-hydrogen) atoms. The summed E-state index contributed by atoms with van der Waals surface area (Å²) in [6.07, 6.45) is 7.02. The largest absolute Gasteiger partial charge is 0.503 e. The Kier molecular flexibility index (Phi) is 4.81. The second-order valence-corrected chi connectivity index (χ2v) is 5.79. The highest BCUT2D eigenvalue weighted by Gasteiger charge is 2.07. The van der Waals surface area contributed by atoms with Crippen molar-refractivity contribution in [2.45, 2.75) is 0 Å². The van der Waals surface area contributed by atoms with Crippen molar-refractivity contribution in [1.29, 1.82) is 0 Å². The van der Waals surface area contributed by atoms with Crippen LogP contribution in [-0.2, 0) is 0 Å². The molecule has 0 radical (unpaired) electrons. The van der Waals surface area contributed by atoms with E-state index in [9.17, 15) is 5.11 Å². The van der Waals surface area contributed by atoms with Crippen molar-refractivity contribution < 1.29 is 9.84 Å². The number of methoxy groups -OCH3 is 1. The number of imidazole rings is 1. The quantitative estimate of drug-likeness (QED) is 0.516. The maximum atomic E-state index is 9.79. The molecular weight excluding hydrogens is 372 g/mol. The van der Waals surface area contributed by atoms with Crippen molar-refractivity contribution in [3.63, 3.8) is 0 Å². The van der Waals surface area contributed by atoms with Crippen molar-refractivity contribution in [2.75, 3.05) is 12.5 Å². The van der Waals surface area contributed by atoms with Gasteiger partial charge >= 0.3 is 0 Å². The fourth-order valence-corrected chi connectivity index (χ4v) is 2.58. The molecule has 1 heterocycles. The summed E-state index contributed by atoms with van der Waals surface area (Å²) in [6, 6.07) is 11.3. The van der Waals surface area contributed by atoms with E-state index >= 15 is 0 Å². The highest BCUT2D eigenvalue weighted by atomic mass is 79.9. The molecule has 0 bridgehead atoms. The standard InChI is InChI=1S/C17H15BrN4O2/c1-24-16-9-12(8-15(18)17(16)23)10-20-21-13-2-4-14(5-3-13)22-7-6-19-11-22/h2-11,21,23H,1H3. The van der Waals surface area contributed by atoms with Gasteiger partial charge in [-0.1, -0.05) is 0 Å². The van der Waals surface area contributed by atoms with Crippen LogP contribution in [0.15, 0.2) is 64.7 Å². The van der Waals surface area contributed by atoms with Gasteiger partial charge in [-0.3, -0.25) is 5.43 Å². The van der Waals surface area contributed by atoms with Crippen LogP contribution in [0.3, 0.4) is 0 Å². The Hall–Kier alpha value is -2.80. The van der Waals surface area contributed by atoms with Gasteiger partial charge in [0, 0.05) is 18.1 Å². The van der Waals surface area contributed by atoms with Crippen molar-refractivity contribution in [3.05, 3.63) is 65.2 Å². The first-order valence-corrected chi connectivity index (χ1v) is 7.90. The van der Waals surface area contributed by atoms with Crippen LogP contribution in [0.1, 0.15) is 5.56 Å². The SMILES string of the molecule is COc1cc(C=NNc2ccc(-n3ccnc3)cc2)cc(Br)c1O. The van der Waals surface area contributed by atoms with E-state index in [2.05, 4.69) is 31.4 Å². The molecule has 2 N–H and O–H groups in total. The number of nitrogens with zero attached hydrogens (tertiary/aromatic N) is 3. The highest BCUT2D eigenvalue weighted by molar-refractivity contribution is 9.10. The summed E-state index contributed by atoms with van der Waals surface area (Å²) in [7, 11) is 1.50. The van der Waals surface area contributed by atoms with Crippen LogP contribution in [0.5, 0.6) is 11.5 Å². The first-order chi connectivity index (χ1) is 11.7. The molecule has 0 atom stereocenters. The van der Waals surface area contributed by atoms with Gasteiger partial charge in [0.25, 0.3) is 0 Å². The number of phenols is 1. The Morgan fingerprint density at radius 2 is 2.08 bits per heavy atom. The van der Waals surface area contributed by atoms with Gasteiger partial charge in [-0.25, -0.2) is 4.98 Å². The van der Waals surface area contributed by atoms with E-state index < -0.39 is 0 Å². The zero-order valence-corrected chi connectivity index (χ0v) is 14.4. The summed E-state index contributed by atoms with van der Waals surface area (Å²) in [6.45, 7) is 0. The number of anilines is 1. The number of ether oxygens (including phenoxy) is 1. The summed E-state index contributed by atoms with van der Waals surface area (Å²) in [5, 5.41) is 14.0. The molecule has 3 rings (SSSR count). The molecule has 1 aromatic heterocycles. The minimum atomic E-state index is 0.0673. The van der Waals surface area contributed by atoms with E-state index in [0.29, 0.717) is 10.2 Å². The van der Waals surface area contributed by atoms with E-state index in [4.69, 9.17) is 4.74 Å². The van der Waals surface area contributed by atoms with Crippen LogP contribution in [-0.4, -0.2) is 28.0 Å². The molecule has 0 amide bonds. The third kappa shape index (κ3) is 3.57. The number of aromatic hydroxyl groups is 1. The Bertz CT molecular complexity index is 846. The zero-order chi connectivity index (χ0) is 16.9. The average molecular weight is 387 g/mol. The van der Waals surface area contributed by atoms with Crippen LogP contribution < -0.4 is 10.2 Å². The predicted octanol–water partition coefficient (Wildman–Crippen LogP) is 3.80. The summed E-state index contributed by atoms with van der Waals surface area (Å²) in [5.41, 5.74) is 5.64. The Labute approximate surface area is 147 Å². The van der Waals surface area contributed by atoms with Crippen molar-refractivity contribution in [2.24, 2.45) is 5.10 Å². The first-order valence-electron chi connectivity index (χ1n) is 7.11. The molecule has 0 fully saturated rings. The maximum absolute atomic E-state index is 9.79. The normalized spacial score (nSPS) is 10.9. The van der Waals surface area contributed by atoms with Gasteiger partial charge in [0.1, 0.15) is 0 Å². The molecule has 0 aliphatic carbocycles. The van der Waals surface area contributed by atoms with Crippen LogP contribution in [0.25, 0.3) is 5.69 Å². The smallest absolute Gasteiger partial charge is 0.172 e. The predicted molar refractivity (Wildman–Crippen MR) is 97.1 cm³/mol. The van der Waals surface area contributed by atoms with Gasteiger partial charge in [-0.05, 0) is 57.9 Å². The third-order valence-electron chi connectivity index (χ3n) is 3.35. The van der Waals surface area contributed by atoms with Gasteiger partial charge in [0.05, 0.1) is 29.8 Å². The number of aromatic nitrogens is 2. The molecule has 0 saturated carbocycles. The molecule has 0 aliphatic rings. The molecule has 3 aromatic rings. The van der Waals surface area contributed by atoms with Crippen LogP contribution in [0.4, 0.5) is 5.69 Å². The van der Waals surface area contributed by atoms with Crippen LogP contribution in [0, 0.1) is 0 Å². The van der Waals surface area contributed by atoms with E-state index in [1.165, 1.54) is 7.11 Å². The lowest BCUT2D eigenvalue weighted by Gasteiger charge is -2.06. The number of hydrogen-bond donors (Lipinski definition) is 2. The van der Waals surface area contributed by atoms with Gasteiger partial charge in [-0.2, -0.15) is 5.10 Å². The number of rotatable bonds is 5. The molecule has 0 unspecified atom stereocenters. The highest BCUT2D eigenvalue weighted by Crippen LogP contribution is 2.34. The third-order valence-corrected chi connectivity index (χ3v) is 3.95. The number of halogens is 1. The molecule has 0 spiro atoms. The minimum Gasteiger partial charge on any atom is -0.503 e. The Balaban J connectivity index is 1.69. The monoisotopic (exact) mass is 386 g/mol. The maximum Gasteiger partial charge on any atom is 0.172 e. The molecule has 7 heteroatoms. The second-order valence-electron chi connectivity index (χ2n) is 4.94. The zero-order valence-electron chi connectivity index (χ0n) is 12.8. The molecule has 0 aliphatic heterocycles. The number of hydrazone groups is 1. The number of benzene rings is 2. The van der Waals surface area contributed by atoms with Gasteiger partial charge < -0.3 is 14.4 Å². The van der Waals surface area contributed by atoms with Crippen molar-refractivity contribution in [3.8, 4) is 17.2 Å². The summed E-state index contributed by atoms with van der Waals surface area (Å²) in [4.78, 5) is 4.02. The molecule has 2 aromatic carbocycles. The van der Waals surface area contributed by atoms with Crippen LogP contribution >= 0.6 is 15.9 Å². The lowest BCUT2D eigenvalue weighted by Crippen LogP contribution is -1.94. The van der Waals surface area contributed by atoms with Gasteiger partial charge in [0.2, 0.25) is 0 Å². The van der Waals surface area contributed by atoms with E-state index in [1.807, 2.05) is 35.0 Å². The minimum absolute atomic E-state index is 0.0673. The fourth-order valence-electron chi connectivity index (χ4n) is 2.13. The molecule has 122 valence electrons. The van der Waals surface area contributed by atoms with Gasteiger partial charge in [0.15, 0.2) is 11.5 Å². The van der Waals surface area contributed by atoms with Crippen molar-refractivity contribution >= 4 is 27.8 Å². The fraction of sp³-hybridized carbons (Fsp3) is 0.0588. The number of hydrogen-bond acceptors (Lipinski definition) is 5. The van der Waals surface area contributed by atoms with Crippen molar-refractivity contribution in [1.82, 2.24) is 9.55 Å². The Morgan fingerprint density at radius 1 is 1.29 bits per heavy atom. The second kappa shape index (κ2) is 7.18. The molecule has 6 nitrogen and oxygen atoms in total. The van der Waals surface area contributed by atoms with Crippen LogP contribution in [0.2, 0.25) is 0 Å². The first kappa shape index (κ1) is 16.1. The average Bonchev–Trinajstić information content (AvgIpc) is 3.13. The Morgan fingerprint density at radius 3 is 2.75 bits per heavy atom. The summed E-state index contributed by atoms with van der Waals surface area (Å²) < 4.78 is 7.58. The number of nitrogens with one attached hydrogen (secondary N) is 1. The summed E-state index contributed by atoms with van der Waals surface area (Å²) in [5.74, 6) is 0.452. The lowest BCUT2D eigenvalue weighted by atomic mass is 10.2. The summed E-state index contributed by atoms with van der Waals surface area (Å²) >= 11 is 3.28. The topological polar surface area (TPSA) is 71.7 Å². The van der Waals surface area contributed by atoms with E-state index in [1.54, 1.807) is 30.9 Å². The van der Waals surface area contributed by atoms with Gasteiger partial charge in [-0.15, -0.1) is 0 Å². The van der Waals surface area contributed by atoms with E-state index in [-0.39, 0.29) is 5.75 Å². The van der Waals surface area contributed by atoms with E-state index in [0.717, 1.165) is 16.9 Å². The molecular formula is C17H15BrN4O2. The molecule has 0 saturated heterocycles. The number of phenolic OH excluding ortho intramolecular Hbond substituents is 1. The lowest BCUT2D eigenvalue weighted by molar-refractivity contribution is 0.372.